The second-order valence-corrected chi connectivity index (χ2v) is 5.43. The third-order valence-electron chi connectivity index (χ3n) is 3.20. The van der Waals surface area contributed by atoms with Crippen LogP contribution in [0.25, 0.3) is 0 Å². The summed E-state index contributed by atoms with van der Waals surface area (Å²) in [6.07, 6.45) is 0.789. The fourth-order valence-electron chi connectivity index (χ4n) is 2.03. The second kappa shape index (κ2) is 6.31. The molecule has 1 nitrogen and oxygen atoms in total. The lowest BCUT2D eigenvalue weighted by Gasteiger charge is -2.13. The molecule has 0 aliphatic carbocycles. The molecule has 2 rings (SSSR count). The van der Waals surface area contributed by atoms with Crippen molar-refractivity contribution < 1.29 is 4.74 Å². The zero-order valence-corrected chi connectivity index (χ0v) is 12.5. The van der Waals surface area contributed by atoms with Crippen LogP contribution in [-0.2, 0) is 6.42 Å². The first-order chi connectivity index (χ1) is 9.11. The minimum atomic E-state index is -0.0930. The Morgan fingerprint density at radius 3 is 2.53 bits per heavy atom. The van der Waals surface area contributed by atoms with Crippen LogP contribution in [0.4, 0.5) is 0 Å². The van der Waals surface area contributed by atoms with E-state index in [1.54, 1.807) is 7.11 Å². The molecule has 1 atom stereocenters. The molecule has 0 aliphatic heterocycles. The smallest absolute Gasteiger partial charge is 0.137 e. The van der Waals surface area contributed by atoms with E-state index in [1.807, 2.05) is 30.3 Å². The van der Waals surface area contributed by atoms with E-state index in [2.05, 4.69) is 19.1 Å². The molecule has 100 valence electrons. The van der Waals surface area contributed by atoms with Crippen LogP contribution in [-0.4, -0.2) is 7.11 Å². The SMILES string of the molecule is COc1ccc(C(Cl)Cc2ccccc2C)cc1Cl. The first-order valence-corrected chi connectivity index (χ1v) is 6.95. The Morgan fingerprint density at radius 1 is 1.16 bits per heavy atom. The zero-order chi connectivity index (χ0) is 13.8. The Morgan fingerprint density at radius 2 is 1.89 bits per heavy atom. The molecule has 2 aromatic rings. The van der Waals surface area contributed by atoms with Gasteiger partial charge in [0, 0.05) is 0 Å². The maximum Gasteiger partial charge on any atom is 0.137 e. The van der Waals surface area contributed by atoms with Crippen LogP contribution in [0, 0.1) is 6.92 Å². The average molecular weight is 295 g/mol. The Labute approximate surface area is 124 Å². The van der Waals surface area contributed by atoms with E-state index in [-0.39, 0.29) is 5.38 Å². The molecule has 0 heterocycles. The lowest BCUT2D eigenvalue weighted by Crippen LogP contribution is -1.98. The number of ether oxygens (including phenoxy) is 1. The molecule has 2 aromatic carbocycles. The van der Waals surface area contributed by atoms with Crippen LogP contribution in [0.3, 0.4) is 0 Å². The maximum absolute atomic E-state index is 6.48. The molecular formula is C16H16Cl2O. The molecule has 0 fully saturated rings. The fraction of sp³-hybridized carbons (Fsp3) is 0.250. The Balaban J connectivity index is 2.18. The minimum Gasteiger partial charge on any atom is -0.495 e. The maximum atomic E-state index is 6.48. The first-order valence-electron chi connectivity index (χ1n) is 6.14. The van der Waals surface area contributed by atoms with Gasteiger partial charge >= 0.3 is 0 Å². The zero-order valence-electron chi connectivity index (χ0n) is 11.0. The number of hydrogen-bond donors (Lipinski definition) is 0. The van der Waals surface area contributed by atoms with Crippen LogP contribution in [0.1, 0.15) is 22.1 Å². The second-order valence-electron chi connectivity index (χ2n) is 4.49. The number of aryl methyl sites for hydroxylation is 1. The van der Waals surface area contributed by atoms with Crippen molar-refractivity contribution in [1.82, 2.24) is 0 Å². The third-order valence-corrected chi connectivity index (χ3v) is 3.90. The molecule has 0 amide bonds. The quantitative estimate of drug-likeness (QED) is 0.706. The van der Waals surface area contributed by atoms with Gasteiger partial charge in [0.05, 0.1) is 17.5 Å². The monoisotopic (exact) mass is 294 g/mol. The van der Waals surface area contributed by atoms with Crippen molar-refractivity contribution in [3.63, 3.8) is 0 Å². The van der Waals surface area contributed by atoms with Crippen LogP contribution in [0.15, 0.2) is 42.5 Å². The Hall–Kier alpha value is -1.18. The van der Waals surface area contributed by atoms with E-state index in [0.29, 0.717) is 10.8 Å². The van der Waals surface area contributed by atoms with E-state index in [9.17, 15) is 0 Å². The van der Waals surface area contributed by atoms with Crippen LogP contribution >= 0.6 is 23.2 Å². The van der Waals surface area contributed by atoms with Gasteiger partial charge in [0.15, 0.2) is 0 Å². The number of benzene rings is 2. The number of hydrogen-bond acceptors (Lipinski definition) is 1. The Kier molecular flexibility index (Phi) is 4.73. The summed E-state index contributed by atoms with van der Waals surface area (Å²) in [6, 6.07) is 14.0. The number of halogens is 2. The highest BCUT2D eigenvalue weighted by Crippen LogP contribution is 2.32. The van der Waals surface area contributed by atoms with Gasteiger partial charge in [0.1, 0.15) is 5.75 Å². The van der Waals surface area contributed by atoms with E-state index in [0.717, 1.165) is 12.0 Å². The highest BCUT2D eigenvalue weighted by Gasteiger charge is 2.12. The number of methoxy groups -OCH3 is 1. The highest BCUT2D eigenvalue weighted by molar-refractivity contribution is 6.32. The standard InChI is InChI=1S/C16H16Cl2O/c1-11-5-3-4-6-12(11)9-14(17)13-7-8-16(19-2)15(18)10-13/h3-8,10,14H,9H2,1-2H3. The van der Waals surface area contributed by atoms with Crippen LogP contribution in [0.2, 0.25) is 5.02 Å². The summed E-state index contributed by atoms with van der Waals surface area (Å²) in [6.45, 7) is 2.10. The van der Waals surface area contributed by atoms with Crippen molar-refractivity contribution >= 4 is 23.2 Å². The molecule has 0 bridgehead atoms. The molecule has 0 aliphatic rings. The summed E-state index contributed by atoms with van der Waals surface area (Å²) < 4.78 is 5.14. The van der Waals surface area contributed by atoms with Gasteiger partial charge in [-0.15, -0.1) is 11.6 Å². The predicted octanol–water partition coefficient (Wildman–Crippen LogP) is 5.18. The third kappa shape index (κ3) is 3.43. The largest absolute Gasteiger partial charge is 0.495 e. The van der Waals surface area contributed by atoms with Crippen molar-refractivity contribution in [1.29, 1.82) is 0 Å². The van der Waals surface area contributed by atoms with Crippen molar-refractivity contribution in [3.05, 3.63) is 64.2 Å². The lowest BCUT2D eigenvalue weighted by atomic mass is 10.0. The van der Waals surface area contributed by atoms with Crippen LogP contribution < -0.4 is 4.74 Å². The van der Waals surface area contributed by atoms with Gasteiger partial charge in [-0.25, -0.2) is 0 Å². The normalized spacial score (nSPS) is 12.2. The molecular weight excluding hydrogens is 279 g/mol. The molecule has 19 heavy (non-hydrogen) atoms. The summed E-state index contributed by atoms with van der Waals surface area (Å²) in [4.78, 5) is 0. The molecule has 0 saturated heterocycles. The number of rotatable bonds is 4. The van der Waals surface area contributed by atoms with E-state index < -0.39 is 0 Å². The van der Waals surface area contributed by atoms with Crippen molar-refractivity contribution in [2.75, 3.05) is 7.11 Å². The van der Waals surface area contributed by atoms with E-state index in [1.165, 1.54) is 11.1 Å². The molecule has 0 aromatic heterocycles. The minimum absolute atomic E-state index is 0.0930. The number of alkyl halides is 1. The topological polar surface area (TPSA) is 9.23 Å². The summed E-state index contributed by atoms with van der Waals surface area (Å²) >= 11 is 12.6. The van der Waals surface area contributed by atoms with Gasteiger partial charge < -0.3 is 4.74 Å². The van der Waals surface area contributed by atoms with Gasteiger partial charge in [0.25, 0.3) is 0 Å². The summed E-state index contributed by atoms with van der Waals surface area (Å²) in [5.41, 5.74) is 3.53. The van der Waals surface area contributed by atoms with Gasteiger partial charge in [-0.05, 0) is 42.2 Å². The first kappa shape index (κ1) is 14.2. The van der Waals surface area contributed by atoms with Gasteiger partial charge in [0.2, 0.25) is 0 Å². The fourth-order valence-corrected chi connectivity index (χ4v) is 2.60. The molecule has 1 unspecified atom stereocenters. The highest BCUT2D eigenvalue weighted by atomic mass is 35.5. The average Bonchev–Trinajstić information content (AvgIpc) is 2.41. The van der Waals surface area contributed by atoms with Crippen LogP contribution in [0.5, 0.6) is 5.75 Å². The van der Waals surface area contributed by atoms with Crippen molar-refractivity contribution in [2.24, 2.45) is 0 Å². The van der Waals surface area contributed by atoms with Gasteiger partial charge in [-0.2, -0.15) is 0 Å². The summed E-state index contributed by atoms with van der Waals surface area (Å²) in [5, 5.41) is 0.500. The molecule has 0 spiro atoms. The lowest BCUT2D eigenvalue weighted by molar-refractivity contribution is 0.415. The van der Waals surface area contributed by atoms with Crippen molar-refractivity contribution in [3.8, 4) is 5.75 Å². The predicted molar refractivity (Wildman–Crippen MR) is 81.5 cm³/mol. The molecule has 0 N–H and O–H groups in total. The van der Waals surface area contributed by atoms with Crippen molar-refractivity contribution in [2.45, 2.75) is 18.7 Å². The molecule has 0 radical (unpaired) electrons. The van der Waals surface area contributed by atoms with Gasteiger partial charge in [-0.3, -0.25) is 0 Å². The van der Waals surface area contributed by atoms with Gasteiger partial charge in [-0.1, -0.05) is 41.9 Å². The Bertz CT molecular complexity index is 566. The van der Waals surface area contributed by atoms with E-state index >= 15 is 0 Å². The van der Waals surface area contributed by atoms with E-state index in [4.69, 9.17) is 27.9 Å². The molecule has 3 heteroatoms. The summed E-state index contributed by atoms with van der Waals surface area (Å²) in [7, 11) is 1.60. The summed E-state index contributed by atoms with van der Waals surface area (Å²) in [5.74, 6) is 0.671. The molecule has 0 saturated carbocycles.